The summed E-state index contributed by atoms with van der Waals surface area (Å²) in [6, 6.07) is 2.72. The van der Waals surface area contributed by atoms with E-state index < -0.39 is 11.4 Å². The largest absolute Gasteiger partial charge is 0.507 e. The molecule has 1 aromatic carbocycles. The van der Waals surface area contributed by atoms with Crippen molar-refractivity contribution in [2.45, 2.75) is 6.92 Å². The number of carbonyl (C=O) groups is 1. The molecule has 4 nitrogen and oxygen atoms in total. The number of phenols is 1. The zero-order valence-electron chi connectivity index (χ0n) is 8.58. The van der Waals surface area contributed by atoms with Crippen LogP contribution in [0.25, 0.3) is 11.0 Å². The van der Waals surface area contributed by atoms with Crippen molar-refractivity contribution in [3.8, 4) is 5.75 Å². The number of carbonyl (C=O) groups excluding carboxylic acids is 1. The summed E-state index contributed by atoms with van der Waals surface area (Å²) in [5, 5.41) is 9.63. The van der Waals surface area contributed by atoms with Gasteiger partial charge in [0.25, 0.3) is 0 Å². The first-order valence-corrected chi connectivity index (χ1v) is 5.33. The number of benzene rings is 1. The van der Waals surface area contributed by atoms with Crippen LogP contribution >= 0.6 is 23.2 Å². The number of phenolic OH excluding ortho intramolecular Hbond substituents is 1. The van der Waals surface area contributed by atoms with Gasteiger partial charge in [-0.2, -0.15) is 0 Å². The molecule has 0 fully saturated rings. The molecule has 17 heavy (non-hydrogen) atoms. The van der Waals surface area contributed by atoms with Crippen molar-refractivity contribution < 1.29 is 14.3 Å². The van der Waals surface area contributed by atoms with Crippen LogP contribution in [0.3, 0.4) is 0 Å². The molecule has 88 valence electrons. The van der Waals surface area contributed by atoms with E-state index in [1.165, 1.54) is 19.1 Å². The van der Waals surface area contributed by atoms with E-state index in [4.69, 9.17) is 27.6 Å². The zero-order chi connectivity index (χ0) is 12.7. The lowest BCUT2D eigenvalue weighted by Crippen LogP contribution is -2.03. The van der Waals surface area contributed by atoms with Gasteiger partial charge >= 0.3 is 5.63 Å². The summed E-state index contributed by atoms with van der Waals surface area (Å²) in [5.41, 5.74) is -0.993. The van der Waals surface area contributed by atoms with Crippen LogP contribution in [0, 0.1) is 0 Å². The van der Waals surface area contributed by atoms with Crippen LogP contribution in [0.15, 0.2) is 21.3 Å². The third kappa shape index (κ3) is 1.79. The van der Waals surface area contributed by atoms with Gasteiger partial charge in [0, 0.05) is 5.39 Å². The number of ketones is 1. The summed E-state index contributed by atoms with van der Waals surface area (Å²) < 4.78 is 4.89. The molecule has 0 atom stereocenters. The monoisotopic (exact) mass is 272 g/mol. The minimum Gasteiger partial charge on any atom is -0.507 e. The smallest absolute Gasteiger partial charge is 0.356 e. The van der Waals surface area contributed by atoms with Crippen LogP contribution in [-0.2, 0) is 0 Å². The molecule has 1 N–H and O–H groups in total. The van der Waals surface area contributed by atoms with Crippen molar-refractivity contribution in [1.29, 1.82) is 0 Å². The Hall–Kier alpha value is -1.52. The highest BCUT2D eigenvalue weighted by Crippen LogP contribution is 2.33. The summed E-state index contributed by atoms with van der Waals surface area (Å²) in [6.07, 6.45) is 0. The summed E-state index contributed by atoms with van der Waals surface area (Å²) in [6.45, 7) is 1.25. The predicted molar refractivity (Wildman–Crippen MR) is 64.2 cm³/mol. The second-order valence-electron chi connectivity index (χ2n) is 3.41. The van der Waals surface area contributed by atoms with Crippen LogP contribution in [-0.4, -0.2) is 10.9 Å². The van der Waals surface area contributed by atoms with Gasteiger partial charge in [-0.1, -0.05) is 23.2 Å². The molecule has 0 aliphatic rings. The SMILES string of the molecule is CC(=O)c1c(O)ccc2c(Cl)c(Cl)c(=O)oc12. The molecule has 0 saturated heterocycles. The molecule has 0 amide bonds. The summed E-state index contributed by atoms with van der Waals surface area (Å²) >= 11 is 11.5. The summed E-state index contributed by atoms with van der Waals surface area (Å²) in [7, 11) is 0. The molecule has 1 heterocycles. The van der Waals surface area contributed by atoms with Crippen LogP contribution < -0.4 is 5.63 Å². The van der Waals surface area contributed by atoms with Gasteiger partial charge in [0.1, 0.15) is 16.3 Å². The Kier molecular flexibility index (Phi) is 2.85. The van der Waals surface area contributed by atoms with Crippen LogP contribution in [0.1, 0.15) is 17.3 Å². The lowest BCUT2D eigenvalue weighted by Gasteiger charge is -2.06. The molecule has 0 aliphatic heterocycles. The third-order valence-corrected chi connectivity index (χ3v) is 3.12. The van der Waals surface area contributed by atoms with E-state index in [9.17, 15) is 14.7 Å². The highest BCUT2D eigenvalue weighted by molar-refractivity contribution is 6.45. The molecule has 0 spiro atoms. The summed E-state index contributed by atoms with van der Waals surface area (Å²) in [4.78, 5) is 22.8. The second-order valence-corrected chi connectivity index (χ2v) is 4.17. The molecule has 0 aliphatic carbocycles. The standard InChI is InChI=1S/C11H6Cl2O4/c1-4(14)7-6(15)3-2-5-8(12)9(13)11(16)17-10(5)7/h2-3,15H,1H3. The van der Waals surface area contributed by atoms with Gasteiger partial charge in [-0.25, -0.2) is 4.79 Å². The van der Waals surface area contributed by atoms with Crippen molar-refractivity contribution in [3.05, 3.63) is 38.2 Å². The topological polar surface area (TPSA) is 67.5 Å². The van der Waals surface area contributed by atoms with Gasteiger partial charge in [-0.05, 0) is 19.1 Å². The maximum Gasteiger partial charge on any atom is 0.356 e. The van der Waals surface area contributed by atoms with E-state index in [0.717, 1.165) is 0 Å². The Balaban J connectivity index is 3.06. The predicted octanol–water partition coefficient (Wildman–Crippen LogP) is 3.01. The number of fused-ring (bicyclic) bond motifs is 1. The summed E-state index contributed by atoms with van der Waals surface area (Å²) in [5.74, 6) is -0.707. The van der Waals surface area contributed by atoms with Crippen LogP contribution in [0.2, 0.25) is 10.0 Å². The fraction of sp³-hybridized carbons (Fsp3) is 0.0909. The van der Waals surface area contributed by atoms with Crippen molar-refractivity contribution in [1.82, 2.24) is 0 Å². The molecular weight excluding hydrogens is 267 g/mol. The quantitative estimate of drug-likeness (QED) is 0.640. The number of Topliss-reactive ketones (excluding diaryl/α,β-unsaturated/α-hetero) is 1. The van der Waals surface area contributed by atoms with E-state index in [1.807, 2.05) is 0 Å². The average Bonchev–Trinajstić information content (AvgIpc) is 2.25. The minimum absolute atomic E-state index is 0.000386. The second kappa shape index (κ2) is 4.05. The molecule has 0 saturated carbocycles. The molecule has 2 aromatic rings. The Bertz CT molecular complexity index is 688. The number of aromatic hydroxyl groups is 1. The van der Waals surface area contributed by atoms with Crippen LogP contribution in [0.4, 0.5) is 0 Å². The fourth-order valence-electron chi connectivity index (χ4n) is 1.54. The van der Waals surface area contributed by atoms with Crippen molar-refractivity contribution in [2.24, 2.45) is 0 Å². The van der Waals surface area contributed by atoms with Gasteiger partial charge in [-0.3, -0.25) is 4.79 Å². The van der Waals surface area contributed by atoms with E-state index in [1.54, 1.807) is 0 Å². The molecule has 6 heteroatoms. The first kappa shape index (κ1) is 12.0. The lowest BCUT2D eigenvalue weighted by atomic mass is 10.1. The minimum atomic E-state index is -0.850. The highest BCUT2D eigenvalue weighted by atomic mass is 35.5. The number of hydrogen-bond acceptors (Lipinski definition) is 4. The molecule has 2 rings (SSSR count). The van der Waals surface area contributed by atoms with Gasteiger partial charge < -0.3 is 9.52 Å². The van der Waals surface area contributed by atoms with E-state index in [-0.39, 0.29) is 26.9 Å². The van der Waals surface area contributed by atoms with Gasteiger partial charge in [0.05, 0.1) is 5.02 Å². The number of hydrogen-bond donors (Lipinski definition) is 1. The van der Waals surface area contributed by atoms with E-state index in [0.29, 0.717) is 5.39 Å². The maximum atomic E-state index is 11.4. The van der Waals surface area contributed by atoms with Crippen molar-refractivity contribution >= 4 is 40.0 Å². The van der Waals surface area contributed by atoms with Gasteiger partial charge in [0.15, 0.2) is 11.4 Å². The Morgan fingerprint density at radius 3 is 2.53 bits per heavy atom. The first-order valence-electron chi connectivity index (χ1n) is 4.58. The molecule has 1 aromatic heterocycles. The number of rotatable bonds is 1. The molecule has 0 bridgehead atoms. The molecule has 0 radical (unpaired) electrons. The Morgan fingerprint density at radius 2 is 1.94 bits per heavy atom. The molecule has 0 unspecified atom stereocenters. The third-order valence-electron chi connectivity index (χ3n) is 2.29. The average molecular weight is 273 g/mol. The van der Waals surface area contributed by atoms with Crippen molar-refractivity contribution in [3.63, 3.8) is 0 Å². The fourth-order valence-corrected chi connectivity index (χ4v) is 1.90. The Labute approximate surface area is 105 Å². The van der Waals surface area contributed by atoms with Gasteiger partial charge in [-0.15, -0.1) is 0 Å². The van der Waals surface area contributed by atoms with Gasteiger partial charge in [0.2, 0.25) is 0 Å². The lowest BCUT2D eigenvalue weighted by molar-refractivity contribution is 0.101. The van der Waals surface area contributed by atoms with E-state index in [2.05, 4.69) is 0 Å². The Morgan fingerprint density at radius 1 is 1.29 bits per heavy atom. The van der Waals surface area contributed by atoms with Crippen LogP contribution in [0.5, 0.6) is 5.75 Å². The zero-order valence-corrected chi connectivity index (χ0v) is 10.1. The maximum absolute atomic E-state index is 11.4. The van der Waals surface area contributed by atoms with E-state index >= 15 is 0 Å². The number of halogens is 2. The normalized spacial score (nSPS) is 10.8. The first-order chi connectivity index (χ1) is 7.93. The highest BCUT2D eigenvalue weighted by Gasteiger charge is 2.18. The van der Waals surface area contributed by atoms with Crippen molar-refractivity contribution in [2.75, 3.05) is 0 Å². The molecular formula is C11H6Cl2O4.